The molecule has 2 aromatic rings. The van der Waals surface area contributed by atoms with Gasteiger partial charge in [0.05, 0.1) is 4.90 Å². The van der Waals surface area contributed by atoms with Gasteiger partial charge < -0.3 is 4.90 Å². The minimum Gasteiger partial charge on any atom is -0.338 e. The molecule has 0 atom stereocenters. The Hall–Kier alpha value is -3.31. The first kappa shape index (κ1) is 23.4. The average Bonchev–Trinajstić information content (AvgIpc) is 3.47. The Kier molecular flexibility index (Phi) is 6.06. The van der Waals surface area contributed by atoms with E-state index in [0.717, 1.165) is 28.5 Å². The summed E-state index contributed by atoms with van der Waals surface area (Å²) in [6.07, 6.45) is 3.11. The van der Waals surface area contributed by atoms with E-state index in [4.69, 9.17) is 0 Å². The zero-order valence-corrected chi connectivity index (χ0v) is 19.9. The summed E-state index contributed by atoms with van der Waals surface area (Å²) in [6.45, 7) is -0.0831. The van der Waals surface area contributed by atoms with Gasteiger partial charge in [-0.05, 0) is 35.7 Å². The number of benzene rings is 2. The maximum Gasteiger partial charge on any atom is 0.334 e. The van der Waals surface area contributed by atoms with Crippen LogP contribution in [0.3, 0.4) is 0 Å². The molecular weight excluding hydrogens is 472 g/mol. The number of sulfonamides is 1. The third-order valence-corrected chi connectivity index (χ3v) is 8.91. The molecule has 1 saturated carbocycles. The smallest absolute Gasteiger partial charge is 0.334 e. The molecule has 5 amide bonds. The van der Waals surface area contributed by atoms with Crippen molar-refractivity contribution in [2.24, 2.45) is 0 Å². The van der Waals surface area contributed by atoms with Crippen LogP contribution in [0, 0.1) is 0 Å². The van der Waals surface area contributed by atoms with Crippen molar-refractivity contribution in [2.45, 2.75) is 36.6 Å². The fourth-order valence-corrected chi connectivity index (χ4v) is 6.49. The van der Waals surface area contributed by atoms with Crippen LogP contribution in [0.2, 0.25) is 0 Å². The van der Waals surface area contributed by atoms with Crippen molar-refractivity contribution in [1.82, 2.24) is 19.0 Å². The van der Waals surface area contributed by atoms with E-state index in [-0.39, 0.29) is 37.1 Å². The van der Waals surface area contributed by atoms with Crippen LogP contribution in [-0.2, 0) is 24.4 Å². The van der Waals surface area contributed by atoms with Gasteiger partial charge >= 0.3 is 17.8 Å². The number of hydrogen-bond donors (Lipinski definition) is 0. The summed E-state index contributed by atoms with van der Waals surface area (Å²) >= 11 is 0. The summed E-state index contributed by atoms with van der Waals surface area (Å²) in [6, 6.07) is 11.4. The number of rotatable bonds is 5. The number of amides is 5. The fraction of sp³-hybridized carbons (Fsp3) is 0.417. The van der Waals surface area contributed by atoms with Gasteiger partial charge in [-0.1, -0.05) is 43.2 Å². The molecule has 0 spiro atoms. The normalized spacial score (nSPS) is 20.5. The minimum absolute atomic E-state index is 0.0932. The molecule has 0 unspecified atom stereocenters. The third kappa shape index (κ3) is 4.19. The molecule has 0 radical (unpaired) electrons. The van der Waals surface area contributed by atoms with E-state index >= 15 is 0 Å². The van der Waals surface area contributed by atoms with Crippen LogP contribution < -0.4 is 0 Å². The van der Waals surface area contributed by atoms with Gasteiger partial charge in [-0.2, -0.15) is 4.31 Å². The van der Waals surface area contributed by atoms with E-state index in [1.54, 1.807) is 18.2 Å². The molecule has 3 fully saturated rings. The van der Waals surface area contributed by atoms with Crippen molar-refractivity contribution in [2.75, 3.05) is 32.7 Å². The number of carbonyl (C=O) groups is 4. The van der Waals surface area contributed by atoms with E-state index in [9.17, 15) is 27.6 Å². The predicted octanol–water partition coefficient (Wildman–Crippen LogP) is 1.41. The summed E-state index contributed by atoms with van der Waals surface area (Å²) < 4.78 is 27.6. The molecule has 0 bridgehead atoms. The predicted molar refractivity (Wildman–Crippen MR) is 125 cm³/mol. The van der Waals surface area contributed by atoms with Gasteiger partial charge in [0.25, 0.3) is 0 Å². The molecule has 35 heavy (non-hydrogen) atoms. The molecule has 2 aliphatic heterocycles. The monoisotopic (exact) mass is 498 g/mol. The molecule has 1 aliphatic carbocycles. The number of piperazine rings is 1. The van der Waals surface area contributed by atoms with Crippen molar-refractivity contribution in [3.63, 3.8) is 0 Å². The standard InChI is InChI=1S/C24H26N4O6S/c29-21(16-27-22(30)23(31)28(24(27)32)19-7-3-4-8-19)25-11-13-26(14-12-25)35(33,34)20-10-9-17-5-1-2-6-18(17)15-20/h1-2,5-6,9-10,15,19H,3-4,7-8,11-14,16H2. The van der Waals surface area contributed by atoms with Crippen LogP contribution in [0.4, 0.5) is 4.79 Å². The maximum absolute atomic E-state index is 13.2. The van der Waals surface area contributed by atoms with Crippen LogP contribution in [0.25, 0.3) is 10.8 Å². The number of nitrogens with zero attached hydrogens (tertiary/aromatic N) is 4. The van der Waals surface area contributed by atoms with Gasteiger partial charge in [0, 0.05) is 32.2 Å². The second kappa shape index (κ2) is 9.04. The summed E-state index contributed by atoms with van der Waals surface area (Å²) in [5.74, 6) is -2.34. The number of carbonyl (C=O) groups excluding carboxylic acids is 4. The Morgan fingerprint density at radius 2 is 1.51 bits per heavy atom. The highest BCUT2D eigenvalue weighted by molar-refractivity contribution is 7.89. The molecule has 5 rings (SSSR count). The lowest BCUT2D eigenvalue weighted by Crippen LogP contribution is -2.53. The van der Waals surface area contributed by atoms with Gasteiger partial charge in [0.15, 0.2) is 0 Å². The van der Waals surface area contributed by atoms with E-state index in [1.807, 2.05) is 24.3 Å². The van der Waals surface area contributed by atoms with E-state index in [1.165, 1.54) is 9.21 Å². The Morgan fingerprint density at radius 3 is 2.20 bits per heavy atom. The van der Waals surface area contributed by atoms with Crippen molar-refractivity contribution in [3.05, 3.63) is 42.5 Å². The topological polar surface area (TPSA) is 115 Å². The van der Waals surface area contributed by atoms with Gasteiger partial charge in [0.1, 0.15) is 6.54 Å². The number of urea groups is 1. The second-order valence-electron chi connectivity index (χ2n) is 9.08. The Labute approximate surface area is 203 Å². The third-order valence-electron chi connectivity index (χ3n) is 7.02. The molecule has 0 N–H and O–H groups in total. The van der Waals surface area contributed by atoms with Crippen molar-refractivity contribution < 1.29 is 27.6 Å². The molecule has 2 aromatic carbocycles. The lowest BCUT2D eigenvalue weighted by molar-refractivity contribution is -0.145. The SMILES string of the molecule is O=C(CN1C(=O)C(=O)N(C2CCCC2)C1=O)N1CCN(S(=O)(=O)c2ccc3ccccc3c2)CC1. The quantitative estimate of drug-likeness (QED) is 0.455. The van der Waals surface area contributed by atoms with E-state index in [0.29, 0.717) is 17.7 Å². The van der Waals surface area contributed by atoms with Crippen LogP contribution in [0.15, 0.2) is 47.4 Å². The zero-order chi connectivity index (χ0) is 24.7. The highest BCUT2D eigenvalue weighted by atomic mass is 32.2. The molecule has 11 heteroatoms. The highest BCUT2D eigenvalue weighted by Crippen LogP contribution is 2.28. The van der Waals surface area contributed by atoms with Crippen molar-refractivity contribution in [3.8, 4) is 0 Å². The molecule has 0 aromatic heterocycles. The summed E-state index contributed by atoms with van der Waals surface area (Å²) in [5.41, 5.74) is 0. The summed E-state index contributed by atoms with van der Waals surface area (Å²) in [4.78, 5) is 53.6. The van der Waals surface area contributed by atoms with Crippen LogP contribution in [0.5, 0.6) is 0 Å². The van der Waals surface area contributed by atoms with Crippen LogP contribution >= 0.6 is 0 Å². The van der Waals surface area contributed by atoms with Gasteiger partial charge in [-0.25, -0.2) is 18.1 Å². The summed E-state index contributed by atoms with van der Waals surface area (Å²) in [5, 5.41) is 1.77. The van der Waals surface area contributed by atoms with E-state index < -0.39 is 40.3 Å². The maximum atomic E-state index is 13.2. The molecule has 2 heterocycles. The van der Waals surface area contributed by atoms with E-state index in [2.05, 4.69) is 0 Å². The molecular formula is C24H26N4O6S. The first-order valence-electron chi connectivity index (χ1n) is 11.7. The molecule has 184 valence electrons. The Bertz CT molecular complexity index is 1310. The zero-order valence-electron chi connectivity index (χ0n) is 19.1. The minimum atomic E-state index is -3.74. The van der Waals surface area contributed by atoms with Gasteiger partial charge in [-0.3, -0.25) is 19.3 Å². The number of imide groups is 2. The van der Waals surface area contributed by atoms with Gasteiger partial charge in [-0.15, -0.1) is 0 Å². The molecule has 3 aliphatic rings. The average molecular weight is 499 g/mol. The number of fused-ring (bicyclic) bond motifs is 1. The van der Waals surface area contributed by atoms with Gasteiger partial charge in [0.2, 0.25) is 15.9 Å². The first-order valence-corrected chi connectivity index (χ1v) is 13.2. The lowest BCUT2D eigenvalue weighted by Gasteiger charge is -2.34. The largest absolute Gasteiger partial charge is 0.338 e. The van der Waals surface area contributed by atoms with Crippen LogP contribution in [0.1, 0.15) is 25.7 Å². The Morgan fingerprint density at radius 1 is 0.857 bits per heavy atom. The van der Waals surface area contributed by atoms with Crippen molar-refractivity contribution >= 4 is 44.5 Å². The lowest BCUT2D eigenvalue weighted by atomic mass is 10.1. The highest BCUT2D eigenvalue weighted by Gasteiger charge is 2.49. The van der Waals surface area contributed by atoms with Crippen molar-refractivity contribution in [1.29, 1.82) is 0 Å². The first-order chi connectivity index (χ1) is 16.8. The molecule has 2 saturated heterocycles. The summed E-state index contributed by atoms with van der Waals surface area (Å²) in [7, 11) is -3.74. The Balaban J connectivity index is 1.22. The molecule has 10 nitrogen and oxygen atoms in total. The van der Waals surface area contributed by atoms with Crippen LogP contribution in [-0.4, -0.2) is 89.9 Å². The fourth-order valence-electron chi connectivity index (χ4n) is 5.04. The number of hydrogen-bond acceptors (Lipinski definition) is 6. The second-order valence-corrected chi connectivity index (χ2v) is 11.0.